The highest BCUT2D eigenvalue weighted by Gasteiger charge is 2.30. The number of hydrogen-bond acceptors (Lipinski definition) is 7. The molecule has 3 aromatic rings. The first-order valence-electron chi connectivity index (χ1n) is 12.5. The van der Waals surface area contributed by atoms with Crippen molar-refractivity contribution in [3.63, 3.8) is 0 Å². The molecule has 0 saturated carbocycles. The van der Waals surface area contributed by atoms with Gasteiger partial charge in [0.05, 0.1) is 17.0 Å². The smallest absolute Gasteiger partial charge is 0.259 e. The van der Waals surface area contributed by atoms with Gasteiger partial charge in [0.2, 0.25) is 5.91 Å². The third kappa shape index (κ3) is 5.37. The largest absolute Gasteiger partial charge is 0.367 e. The van der Waals surface area contributed by atoms with Crippen LogP contribution in [-0.2, 0) is 24.3 Å². The predicted molar refractivity (Wildman–Crippen MR) is 142 cm³/mol. The van der Waals surface area contributed by atoms with Crippen LogP contribution in [0.15, 0.2) is 24.3 Å². The Bertz CT molecular complexity index is 1340. The van der Waals surface area contributed by atoms with E-state index < -0.39 is 5.82 Å². The van der Waals surface area contributed by atoms with Crippen molar-refractivity contribution in [2.24, 2.45) is 0 Å². The summed E-state index contributed by atoms with van der Waals surface area (Å²) < 4.78 is 16.0. The topological polar surface area (TPSA) is 86.6 Å². The highest BCUT2D eigenvalue weighted by molar-refractivity contribution is 7.15. The van der Waals surface area contributed by atoms with E-state index in [0.29, 0.717) is 30.5 Å². The quantitative estimate of drug-likeness (QED) is 0.551. The Labute approximate surface area is 219 Å². The zero-order valence-corrected chi connectivity index (χ0v) is 22.4. The number of piperazine rings is 1. The molecule has 1 atom stereocenters. The molecule has 1 fully saturated rings. The van der Waals surface area contributed by atoms with Crippen LogP contribution in [0.1, 0.15) is 39.2 Å². The molecule has 2 aliphatic heterocycles. The molecule has 0 unspecified atom stereocenters. The maximum Gasteiger partial charge on any atom is 0.259 e. The van der Waals surface area contributed by atoms with Crippen LogP contribution in [0, 0.1) is 19.7 Å². The Morgan fingerprint density at radius 1 is 1.19 bits per heavy atom. The van der Waals surface area contributed by atoms with Crippen LogP contribution in [0.3, 0.4) is 0 Å². The number of nitrogens with zero attached hydrogens (tertiary/aromatic N) is 6. The van der Waals surface area contributed by atoms with E-state index in [-0.39, 0.29) is 30.0 Å². The number of fused-ring (bicyclic) bond motifs is 1. The summed E-state index contributed by atoms with van der Waals surface area (Å²) in [6.07, 6.45) is 0.851. The van der Waals surface area contributed by atoms with Gasteiger partial charge in [-0.25, -0.2) is 9.37 Å². The Morgan fingerprint density at radius 2 is 2.00 bits per heavy atom. The molecule has 2 aliphatic rings. The maximum absolute atomic E-state index is 14.2. The first-order valence-corrected chi connectivity index (χ1v) is 13.3. The van der Waals surface area contributed by atoms with E-state index in [2.05, 4.69) is 27.3 Å². The van der Waals surface area contributed by atoms with Gasteiger partial charge in [-0.05, 0) is 52.1 Å². The number of benzene rings is 1. The lowest BCUT2D eigenvalue weighted by Crippen LogP contribution is -2.55. The van der Waals surface area contributed by atoms with Crippen LogP contribution in [0.4, 0.5) is 15.2 Å². The summed E-state index contributed by atoms with van der Waals surface area (Å²) in [6, 6.07) is 6.16. The number of rotatable bonds is 5. The van der Waals surface area contributed by atoms with Crippen molar-refractivity contribution in [2.75, 3.05) is 43.4 Å². The molecule has 0 radical (unpaired) electrons. The van der Waals surface area contributed by atoms with Crippen LogP contribution in [-0.4, -0.2) is 75.6 Å². The van der Waals surface area contributed by atoms with Crippen molar-refractivity contribution in [2.45, 2.75) is 46.3 Å². The Hall–Kier alpha value is -3.31. The van der Waals surface area contributed by atoms with Gasteiger partial charge in [0.15, 0.2) is 5.13 Å². The Kier molecular flexibility index (Phi) is 7.00. The summed E-state index contributed by atoms with van der Waals surface area (Å²) in [5.74, 6) is -0.848. The van der Waals surface area contributed by atoms with Crippen molar-refractivity contribution in [1.82, 2.24) is 24.6 Å². The van der Waals surface area contributed by atoms with Gasteiger partial charge in [-0.1, -0.05) is 0 Å². The number of thiazole rings is 1. The Morgan fingerprint density at radius 3 is 2.73 bits per heavy atom. The third-order valence-corrected chi connectivity index (χ3v) is 8.02. The van der Waals surface area contributed by atoms with E-state index in [4.69, 9.17) is 0 Å². The number of nitrogens with one attached hydrogen (secondary N) is 1. The van der Waals surface area contributed by atoms with Crippen molar-refractivity contribution in [3.05, 3.63) is 57.6 Å². The maximum atomic E-state index is 14.2. The summed E-state index contributed by atoms with van der Waals surface area (Å²) in [5.41, 5.74) is 3.77. The minimum absolute atomic E-state index is 0.00815. The van der Waals surface area contributed by atoms with Crippen LogP contribution >= 0.6 is 11.3 Å². The second kappa shape index (κ2) is 10.2. The van der Waals surface area contributed by atoms with Crippen LogP contribution in [0.2, 0.25) is 0 Å². The van der Waals surface area contributed by atoms with E-state index in [1.54, 1.807) is 10.7 Å². The lowest BCUT2D eigenvalue weighted by Gasteiger charge is -2.41. The minimum atomic E-state index is -0.472. The zero-order valence-electron chi connectivity index (χ0n) is 21.6. The monoisotopic (exact) mass is 525 g/mol. The van der Waals surface area contributed by atoms with E-state index in [1.807, 2.05) is 36.6 Å². The van der Waals surface area contributed by atoms with Gasteiger partial charge in [0, 0.05) is 61.4 Å². The average molecular weight is 526 g/mol. The lowest BCUT2D eigenvalue weighted by atomic mass is 10.1. The second-order valence-electron chi connectivity index (χ2n) is 9.96. The molecule has 0 spiro atoms. The van der Waals surface area contributed by atoms with Gasteiger partial charge in [-0.15, -0.1) is 11.3 Å². The molecule has 4 heterocycles. The van der Waals surface area contributed by atoms with Crippen molar-refractivity contribution < 1.29 is 14.0 Å². The van der Waals surface area contributed by atoms with Gasteiger partial charge in [-0.3, -0.25) is 19.6 Å². The molecule has 196 valence electrons. The van der Waals surface area contributed by atoms with E-state index in [0.717, 1.165) is 41.5 Å². The third-order valence-electron chi connectivity index (χ3n) is 7.02. The van der Waals surface area contributed by atoms with E-state index in [9.17, 15) is 14.0 Å². The summed E-state index contributed by atoms with van der Waals surface area (Å²) in [6.45, 7) is 9.37. The van der Waals surface area contributed by atoms with Gasteiger partial charge in [0.1, 0.15) is 12.4 Å². The summed E-state index contributed by atoms with van der Waals surface area (Å²) in [7, 11) is 2.06. The fourth-order valence-electron chi connectivity index (χ4n) is 5.11. The van der Waals surface area contributed by atoms with Crippen molar-refractivity contribution >= 4 is 34.0 Å². The predicted octanol–water partition coefficient (Wildman–Crippen LogP) is 3.07. The fraction of sp³-hybridized carbons (Fsp3) is 0.462. The Balaban J connectivity index is 1.29. The molecular weight excluding hydrogens is 493 g/mol. The lowest BCUT2D eigenvalue weighted by molar-refractivity contribution is -0.134. The highest BCUT2D eigenvalue weighted by atomic mass is 32.1. The number of carbonyl (C=O) groups is 2. The molecule has 9 nitrogen and oxygen atoms in total. The molecule has 1 aromatic carbocycles. The van der Waals surface area contributed by atoms with Crippen LogP contribution < -0.4 is 10.2 Å². The normalized spacial score (nSPS) is 18.1. The molecular formula is C26H32FN7O2S. The molecule has 5 rings (SSSR count). The summed E-state index contributed by atoms with van der Waals surface area (Å²) >= 11 is 1.47. The molecule has 2 aromatic heterocycles. The molecule has 0 aliphatic carbocycles. The van der Waals surface area contributed by atoms with E-state index in [1.165, 1.54) is 23.5 Å². The number of aryl methyl sites for hydroxylation is 2. The van der Waals surface area contributed by atoms with Gasteiger partial charge in [0.25, 0.3) is 5.91 Å². The highest BCUT2D eigenvalue weighted by Crippen LogP contribution is 2.30. The molecule has 2 amide bonds. The first kappa shape index (κ1) is 25.3. The fourth-order valence-corrected chi connectivity index (χ4v) is 6.19. The standard InChI is InChI=1S/C26H32FN7O2S/c1-16-11-17(2)34(30-16)15-24(35)33-10-9-32(13-18(33)3)22-6-5-19(27)12-20(22)25(36)29-26-28-21-7-8-31(4)14-23(21)37-26/h5-6,11-12,18H,7-10,13-15H2,1-4H3,(H,28,29,36)/t18-/m1/s1. The molecule has 37 heavy (non-hydrogen) atoms. The van der Waals surface area contributed by atoms with Gasteiger partial charge in [-0.2, -0.15) is 5.10 Å². The second-order valence-corrected chi connectivity index (χ2v) is 11.0. The number of amides is 2. The van der Waals surface area contributed by atoms with Crippen molar-refractivity contribution in [3.8, 4) is 0 Å². The zero-order chi connectivity index (χ0) is 26.3. The van der Waals surface area contributed by atoms with Crippen LogP contribution in [0.5, 0.6) is 0 Å². The van der Waals surface area contributed by atoms with Crippen LogP contribution in [0.25, 0.3) is 0 Å². The SMILES string of the molecule is Cc1cc(C)n(CC(=O)N2CCN(c3ccc(F)cc3C(=O)Nc3nc4c(s3)CN(C)CC4)C[C@H]2C)n1. The average Bonchev–Trinajstić information content (AvgIpc) is 3.39. The molecule has 1 N–H and O–H groups in total. The number of carbonyl (C=O) groups excluding carboxylic acids is 2. The van der Waals surface area contributed by atoms with Crippen molar-refractivity contribution in [1.29, 1.82) is 0 Å². The number of aromatic nitrogens is 3. The minimum Gasteiger partial charge on any atom is -0.367 e. The molecule has 1 saturated heterocycles. The number of halogens is 1. The number of likely N-dealkylation sites (N-methyl/N-ethyl adjacent to an activating group) is 1. The van der Waals surface area contributed by atoms with E-state index >= 15 is 0 Å². The molecule has 0 bridgehead atoms. The number of anilines is 2. The first-order chi connectivity index (χ1) is 17.7. The number of hydrogen-bond donors (Lipinski definition) is 1. The van der Waals surface area contributed by atoms with Gasteiger partial charge >= 0.3 is 0 Å². The summed E-state index contributed by atoms with van der Waals surface area (Å²) in [4.78, 5) is 38.2. The molecule has 11 heteroatoms. The van der Waals surface area contributed by atoms with Gasteiger partial charge < -0.3 is 14.7 Å². The summed E-state index contributed by atoms with van der Waals surface area (Å²) in [5, 5.41) is 7.83.